The van der Waals surface area contributed by atoms with Gasteiger partial charge in [0.1, 0.15) is 5.69 Å². The lowest BCUT2D eigenvalue weighted by atomic mass is 10.1. The number of carbonyl (C=O) groups excluding carboxylic acids is 1. The standard InChI is InChI=1S/C9H5Cl3N4O/c10-3-1-2-4(11)6(12)5(3)7-8(9(13)17)15-16-14-7/h1-2H,(H2,13,17)(H,14,15,16). The number of nitrogens with zero attached hydrogens (tertiary/aromatic N) is 2. The molecule has 0 atom stereocenters. The van der Waals surface area contributed by atoms with Crippen molar-refractivity contribution >= 4 is 40.7 Å². The Morgan fingerprint density at radius 2 is 1.82 bits per heavy atom. The zero-order valence-electron chi connectivity index (χ0n) is 8.17. The van der Waals surface area contributed by atoms with E-state index >= 15 is 0 Å². The number of halogens is 3. The predicted octanol–water partition coefficient (Wildman–Crippen LogP) is 2.53. The zero-order chi connectivity index (χ0) is 12.6. The van der Waals surface area contributed by atoms with Gasteiger partial charge in [0.25, 0.3) is 5.91 Å². The highest BCUT2D eigenvalue weighted by atomic mass is 35.5. The number of nitrogens with one attached hydrogen (secondary N) is 1. The molecule has 0 saturated carbocycles. The van der Waals surface area contributed by atoms with E-state index < -0.39 is 5.91 Å². The van der Waals surface area contributed by atoms with Gasteiger partial charge in [-0.2, -0.15) is 15.4 Å². The van der Waals surface area contributed by atoms with Crippen LogP contribution in [0.1, 0.15) is 10.5 Å². The molecule has 0 fully saturated rings. The van der Waals surface area contributed by atoms with Crippen LogP contribution in [0.15, 0.2) is 12.1 Å². The molecule has 0 aliphatic carbocycles. The van der Waals surface area contributed by atoms with E-state index in [9.17, 15) is 4.79 Å². The van der Waals surface area contributed by atoms with Gasteiger partial charge >= 0.3 is 0 Å². The number of H-pyrrole nitrogens is 1. The molecule has 17 heavy (non-hydrogen) atoms. The average Bonchev–Trinajstić information content (AvgIpc) is 2.73. The first kappa shape index (κ1) is 12.2. The quantitative estimate of drug-likeness (QED) is 0.834. The molecule has 2 rings (SSSR count). The molecule has 5 nitrogen and oxygen atoms in total. The van der Waals surface area contributed by atoms with Crippen LogP contribution >= 0.6 is 34.8 Å². The van der Waals surface area contributed by atoms with E-state index in [0.29, 0.717) is 15.6 Å². The van der Waals surface area contributed by atoms with E-state index in [1.54, 1.807) is 12.1 Å². The Hall–Kier alpha value is -1.30. The van der Waals surface area contributed by atoms with Crippen molar-refractivity contribution in [2.45, 2.75) is 0 Å². The molecule has 0 radical (unpaired) electrons. The molecule has 0 saturated heterocycles. The van der Waals surface area contributed by atoms with Crippen molar-refractivity contribution in [3.63, 3.8) is 0 Å². The molecule has 1 aromatic carbocycles. The van der Waals surface area contributed by atoms with Gasteiger partial charge in [0.05, 0.1) is 15.1 Å². The van der Waals surface area contributed by atoms with E-state index in [2.05, 4.69) is 15.4 Å². The maximum Gasteiger partial charge on any atom is 0.271 e. The largest absolute Gasteiger partial charge is 0.364 e. The first-order valence-corrected chi connectivity index (χ1v) is 5.50. The third kappa shape index (κ3) is 2.09. The molecule has 1 heterocycles. The third-order valence-electron chi connectivity index (χ3n) is 2.06. The number of amides is 1. The summed E-state index contributed by atoms with van der Waals surface area (Å²) in [6.07, 6.45) is 0. The van der Waals surface area contributed by atoms with Crippen molar-refractivity contribution in [1.29, 1.82) is 0 Å². The molecule has 2 aromatic rings. The van der Waals surface area contributed by atoms with Gasteiger partial charge in [0.2, 0.25) is 0 Å². The van der Waals surface area contributed by atoms with Crippen molar-refractivity contribution in [1.82, 2.24) is 15.4 Å². The number of hydrogen-bond donors (Lipinski definition) is 2. The summed E-state index contributed by atoms with van der Waals surface area (Å²) in [6, 6.07) is 3.09. The first-order chi connectivity index (χ1) is 8.02. The Labute approximate surface area is 111 Å². The molecule has 0 aliphatic heterocycles. The number of nitrogens with two attached hydrogens (primary N) is 1. The molecule has 88 valence electrons. The molecule has 1 aromatic heterocycles. The molecular formula is C9H5Cl3N4O. The topological polar surface area (TPSA) is 84.7 Å². The number of hydrogen-bond acceptors (Lipinski definition) is 3. The van der Waals surface area contributed by atoms with E-state index in [1.165, 1.54) is 0 Å². The van der Waals surface area contributed by atoms with Crippen LogP contribution < -0.4 is 5.73 Å². The van der Waals surface area contributed by atoms with E-state index in [0.717, 1.165) is 0 Å². The van der Waals surface area contributed by atoms with Gasteiger partial charge in [-0.05, 0) is 12.1 Å². The monoisotopic (exact) mass is 290 g/mol. The molecule has 1 amide bonds. The Morgan fingerprint density at radius 3 is 2.47 bits per heavy atom. The fraction of sp³-hybridized carbons (Fsp3) is 0. The van der Waals surface area contributed by atoms with E-state index in [1.807, 2.05) is 0 Å². The fourth-order valence-corrected chi connectivity index (χ4v) is 2.03. The summed E-state index contributed by atoms with van der Waals surface area (Å²) in [6.45, 7) is 0. The summed E-state index contributed by atoms with van der Waals surface area (Å²) in [5.74, 6) is -0.735. The highest BCUT2D eigenvalue weighted by Crippen LogP contribution is 2.38. The second kappa shape index (κ2) is 4.52. The minimum atomic E-state index is -0.735. The van der Waals surface area contributed by atoms with Crippen LogP contribution in [0, 0.1) is 0 Å². The summed E-state index contributed by atoms with van der Waals surface area (Å²) in [5, 5.41) is 10.5. The maximum absolute atomic E-state index is 11.1. The van der Waals surface area contributed by atoms with Gasteiger partial charge in [-0.1, -0.05) is 34.8 Å². The second-order valence-electron chi connectivity index (χ2n) is 3.10. The average molecular weight is 292 g/mol. The summed E-state index contributed by atoms with van der Waals surface area (Å²) in [5.41, 5.74) is 5.61. The van der Waals surface area contributed by atoms with Crippen LogP contribution in [-0.2, 0) is 0 Å². The summed E-state index contributed by atoms with van der Waals surface area (Å²) in [4.78, 5) is 11.1. The van der Waals surface area contributed by atoms with Crippen molar-refractivity contribution < 1.29 is 4.79 Å². The third-order valence-corrected chi connectivity index (χ3v) is 3.18. The molecule has 0 bridgehead atoms. The number of primary amides is 1. The summed E-state index contributed by atoms with van der Waals surface area (Å²) < 4.78 is 0. The van der Waals surface area contributed by atoms with Gasteiger partial charge in [0.15, 0.2) is 5.69 Å². The van der Waals surface area contributed by atoms with Crippen molar-refractivity contribution in [3.05, 3.63) is 32.9 Å². The molecule has 0 aliphatic rings. The summed E-state index contributed by atoms with van der Waals surface area (Å²) >= 11 is 17.9. The Bertz CT molecular complexity index is 596. The van der Waals surface area contributed by atoms with Gasteiger partial charge in [-0.15, -0.1) is 0 Å². The van der Waals surface area contributed by atoms with Crippen LogP contribution in [0.5, 0.6) is 0 Å². The van der Waals surface area contributed by atoms with Gasteiger partial charge < -0.3 is 5.73 Å². The van der Waals surface area contributed by atoms with Crippen molar-refractivity contribution in [3.8, 4) is 11.3 Å². The van der Waals surface area contributed by atoms with Crippen LogP contribution in [0.3, 0.4) is 0 Å². The normalized spacial score (nSPS) is 10.5. The van der Waals surface area contributed by atoms with Gasteiger partial charge in [-0.25, -0.2) is 0 Å². The lowest BCUT2D eigenvalue weighted by Crippen LogP contribution is -2.12. The smallest absolute Gasteiger partial charge is 0.271 e. The Kier molecular flexibility index (Phi) is 3.24. The SMILES string of the molecule is NC(=O)c1n[nH]nc1-c1c(Cl)ccc(Cl)c1Cl. The molecule has 3 N–H and O–H groups in total. The maximum atomic E-state index is 11.1. The van der Waals surface area contributed by atoms with Gasteiger partial charge in [-0.3, -0.25) is 4.79 Å². The first-order valence-electron chi connectivity index (χ1n) is 4.36. The molecule has 0 unspecified atom stereocenters. The molecule has 0 spiro atoms. The highest BCUT2D eigenvalue weighted by Gasteiger charge is 2.21. The number of rotatable bonds is 2. The Balaban J connectivity index is 2.72. The van der Waals surface area contributed by atoms with Crippen LogP contribution in [-0.4, -0.2) is 21.3 Å². The Morgan fingerprint density at radius 1 is 1.18 bits per heavy atom. The van der Waals surface area contributed by atoms with Crippen molar-refractivity contribution in [2.75, 3.05) is 0 Å². The predicted molar refractivity (Wildman–Crippen MR) is 65.4 cm³/mol. The zero-order valence-corrected chi connectivity index (χ0v) is 10.4. The number of aromatic amines is 1. The lowest BCUT2D eigenvalue weighted by molar-refractivity contribution is 0.0996. The van der Waals surface area contributed by atoms with Crippen LogP contribution in [0.25, 0.3) is 11.3 Å². The fourth-order valence-electron chi connectivity index (χ4n) is 1.32. The minimum absolute atomic E-state index is 0.0453. The van der Waals surface area contributed by atoms with Crippen LogP contribution in [0.4, 0.5) is 0 Å². The minimum Gasteiger partial charge on any atom is -0.364 e. The second-order valence-corrected chi connectivity index (χ2v) is 4.30. The van der Waals surface area contributed by atoms with E-state index in [-0.39, 0.29) is 16.4 Å². The lowest BCUT2D eigenvalue weighted by Gasteiger charge is -2.06. The highest BCUT2D eigenvalue weighted by molar-refractivity contribution is 6.46. The van der Waals surface area contributed by atoms with Gasteiger partial charge in [0, 0.05) is 5.56 Å². The number of aromatic nitrogens is 3. The summed E-state index contributed by atoms with van der Waals surface area (Å²) in [7, 11) is 0. The van der Waals surface area contributed by atoms with Crippen molar-refractivity contribution in [2.24, 2.45) is 5.73 Å². The number of carbonyl (C=O) groups is 1. The molecular weight excluding hydrogens is 286 g/mol. The van der Waals surface area contributed by atoms with Crippen LogP contribution in [0.2, 0.25) is 15.1 Å². The molecule has 8 heteroatoms. The number of benzene rings is 1. The van der Waals surface area contributed by atoms with E-state index in [4.69, 9.17) is 40.5 Å².